The molecule has 0 atom stereocenters. The van der Waals surface area contributed by atoms with Gasteiger partial charge in [-0.3, -0.25) is 0 Å². The van der Waals surface area contributed by atoms with E-state index in [0.29, 0.717) is 0 Å². The van der Waals surface area contributed by atoms with Crippen molar-refractivity contribution in [3.63, 3.8) is 0 Å². The van der Waals surface area contributed by atoms with Crippen LogP contribution in [0.2, 0.25) is 0 Å². The highest BCUT2D eigenvalue weighted by Gasteiger charge is 2.31. The highest BCUT2D eigenvalue weighted by molar-refractivity contribution is 7.95. The summed E-state index contributed by atoms with van der Waals surface area (Å²) < 4.78 is 0. The first-order chi connectivity index (χ1) is 10.4. The molecule has 0 spiro atoms. The second kappa shape index (κ2) is 7.35. The van der Waals surface area contributed by atoms with Crippen LogP contribution in [0.3, 0.4) is 0 Å². The fourth-order valence-corrected chi connectivity index (χ4v) is 7.08. The summed E-state index contributed by atoms with van der Waals surface area (Å²) in [6.07, 6.45) is 1.14. The first-order valence-corrected chi connectivity index (χ1v) is 9.40. The van der Waals surface area contributed by atoms with Gasteiger partial charge in [0.2, 0.25) is 0 Å². The zero-order chi connectivity index (χ0) is 14.5. The van der Waals surface area contributed by atoms with E-state index in [-0.39, 0.29) is 6.15 Å². The molecule has 0 aliphatic rings. The summed E-state index contributed by atoms with van der Waals surface area (Å²) in [5.41, 5.74) is 0. The van der Waals surface area contributed by atoms with E-state index >= 15 is 0 Å². The molecule has 2 heteroatoms. The van der Waals surface area contributed by atoms with Gasteiger partial charge in [0.15, 0.2) is 0 Å². The number of hydrogen-bond acceptors (Lipinski definition) is 1. The van der Waals surface area contributed by atoms with Crippen LogP contribution in [0.15, 0.2) is 91.0 Å². The summed E-state index contributed by atoms with van der Waals surface area (Å²) >= 11 is 0. The third-order valence-electron chi connectivity index (χ3n) is 4.07. The minimum atomic E-state index is -1.53. The van der Waals surface area contributed by atoms with E-state index in [9.17, 15) is 0 Å². The van der Waals surface area contributed by atoms with Crippen LogP contribution in [0, 0.1) is 0 Å². The van der Waals surface area contributed by atoms with Crippen LogP contribution < -0.4 is 22.1 Å². The van der Waals surface area contributed by atoms with Crippen LogP contribution in [0.1, 0.15) is 6.92 Å². The molecule has 0 heterocycles. The molecular weight excluding hydrogens is 285 g/mol. The molecule has 0 aromatic heterocycles. The van der Waals surface area contributed by atoms with Crippen LogP contribution in [0.25, 0.3) is 0 Å². The van der Waals surface area contributed by atoms with Crippen molar-refractivity contribution < 1.29 is 0 Å². The van der Waals surface area contributed by atoms with Crippen LogP contribution >= 0.6 is 7.26 Å². The van der Waals surface area contributed by atoms with Crippen molar-refractivity contribution in [1.82, 2.24) is 6.15 Å². The van der Waals surface area contributed by atoms with Gasteiger partial charge in [-0.25, -0.2) is 0 Å². The van der Waals surface area contributed by atoms with Gasteiger partial charge in [-0.1, -0.05) is 97.9 Å². The molecule has 113 valence electrons. The zero-order valence-corrected chi connectivity index (χ0v) is 13.9. The minimum Gasteiger partial charge on any atom is -0.344 e. The number of rotatable bonds is 4. The van der Waals surface area contributed by atoms with Crippen LogP contribution in [-0.4, -0.2) is 6.16 Å². The van der Waals surface area contributed by atoms with Gasteiger partial charge >= 0.3 is 0 Å². The normalized spacial score (nSPS) is 10.8. The lowest BCUT2D eigenvalue weighted by Crippen LogP contribution is -2.32. The summed E-state index contributed by atoms with van der Waals surface area (Å²) in [4.78, 5) is 0. The fraction of sp³-hybridized carbons (Fsp3) is 0.100. The van der Waals surface area contributed by atoms with Crippen LogP contribution in [-0.2, 0) is 0 Å². The molecule has 3 N–H and O–H groups in total. The molecule has 0 bridgehead atoms. The van der Waals surface area contributed by atoms with E-state index in [4.69, 9.17) is 0 Å². The van der Waals surface area contributed by atoms with Gasteiger partial charge in [0, 0.05) is 0 Å². The third kappa shape index (κ3) is 2.83. The Labute approximate surface area is 133 Å². The van der Waals surface area contributed by atoms with E-state index in [0.717, 1.165) is 6.16 Å². The fourth-order valence-electron chi connectivity index (χ4n) is 3.04. The average Bonchev–Trinajstić information content (AvgIpc) is 2.59. The summed E-state index contributed by atoms with van der Waals surface area (Å²) in [6, 6.07) is 33.0. The van der Waals surface area contributed by atoms with Gasteiger partial charge in [-0.15, -0.1) is 0 Å². The van der Waals surface area contributed by atoms with Crippen molar-refractivity contribution >= 4 is 23.2 Å². The lowest BCUT2D eigenvalue weighted by atomic mass is 10.4. The molecular formula is C20H23NP. The summed E-state index contributed by atoms with van der Waals surface area (Å²) in [7, 11) is -1.53. The van der Waals surface area contributed by atoms with Crippen LogP contribution in [0.5, 0.6) is 0 Å². The van der Waals surface area contributed by atoms with Gasteiger partial charge in [0.1, 0.15) is 0 Å². The molecule has 0 aliphatic carbocycles. The molecule has 3 aromatic carbocycles. The standard InChI is InChI=1S/C20H20P.H3N/c1-2-21(18-12-6-3-7-13-18,19-14-8-4-9-15-19)20-16-10-5-11-17-20;/h3-17H,2H2,1H3;1H3. The van der Waals surface area contributed by atoms with Crippen molar-refractivity contribution in [1.29, 1.82) is 0 Å². The largest absolute Gasteiger partial charge is 0.344 e. The first kappa shape index (κ1) is 16.4. The van der Waals surface area contributed by atoms with Gasteiger partial charge in [0.05, 0.1) is 0 Å². The van der Waals surface area contributed by atoms with Crippen molar-refractivity contribution in [2.24, 2.45) is 0 Å². The molecule has 1 radical (unpaired) electrons. The predicted molar refractivity (Wildman–Crippen MR) is 101 cm³/mol. The summed E-state index contributed by atoms with van der Waals surface area (Å²) in [5.74, 6) is 0. The Bertz CT molecular complexity index is 584. The Morgan fingerprint density at radius 1 is 0.545 bits per heavy atom. The highest BCUT2D eigenvalue weighted by Crippen LogP contribution is 2.54. The topological polar surface area (TPSA) is 35.0 Å². The molecule has 0 saturated carbocycles. The van der Waals surface area contributed by atoms with E-state index in [1.54, 1.807) is 0 Å². The quantitative estimate of drug-likeness (QED) is 0.722. The number of hydrogen-bond donors (Lipinski definition) is 1. The van der Waals surface area contributed by atoms with E-state index in [1.807, 2.05) is 0 Å². The summed E-state index contributed by atoms with van der Waals surface area (Å²) in [6.45, 7) is 2.32. The van der Waals surface area contributed by atoms with Crippen molar-refractivity contribution in [2.45, 2.75) is 6.92 Å². The molecule has 0 aliphatic heterocycles. The third-order valence-corrected chi connectivity index (χ3v) is 8.55. The monoisotopic (exact) mass is 308 g/mol. The van der Waals surface area contributed by atoms with Gasteiger partial charge in [-0.05, 0) is 29.3 Å². The zero-order valence-electron chi connectivity index (χ0n) is 13.0. The lowest BCUT2D eigenvalue weighted by Gasteiger charge is -2.37. The van der Waals surface area contributed by atoms with Gasteiger partial charge in [0.25, 0.3) is 0 Å². The second-order valence-electron chi connectivity index (χ2n) is 5.13. The van der Waals surface area contributed by atoms with Crippen molar-refractivity contribution in [2.75, 3.05) is 6.16 Å². The molecule has 3 aromatic rings. The van der Waals surface area contributed by atoms with Crippen molar-refractivity contribution in [3.8, 4) is 0 Å². The van der Waals surface area contributed by atoms with Gasteiger partial charge in [-0.2, -0.15) is 0 Å². The Morgan fingerprint density at radius 3 is 1.05 bits per heavy atom. The summed E-state index contributed by atoms with van der Waals surface area (Å²) in [5, 5.41) is 4.39. The maximum Gasteiger partial charge on any atom is -0.0197 e. The van der Waals surface area contributed by atoms with E-state index in [1.165, 1.54) is 15.9 Å². The Kier molecular flexibility index (Phi) is 5.49. The predicted octanol–water partition coefficient (Wildman–Crippen LogP) is 4.16. The Morgan fingerprint density at radius 2 is 0.818 bits per heavy atom. The molecule has 0 amide bonds. The highest BCUT2D eigenvalue weighted by atomic mass is 31.2. The van der Waals surface area contributed by atoms with Crippen LogP contribution in [0.4, 0.5) is 0 Å². The SMILES string of the molecule is CC[P](c1ccccc1)(c1ccccc1)c1ccccc1.N. The second-order valence-corrected chi connectivity index (χ2v) is 8.93. The Hall–Kier alpha value is -1.95. The lowest BCUT2D eigenvalue weighted by molar-refractivity contribution is 1.48. The van der Waals surface area contributed by atoms with Crippen molar-refractivity contribution in [3.05, 3.63) is 91.0 Å². The molecule has 3 rings (SSSR count). The maximum absolute atomic E-state index is 2.32. The molecule has 22 heavy (non-hydrogen) atoms. The number of benzene rings is 3. The van der Waals surface area contributed by atoms with E-state index < -0.39 is 7.26 Å². The molecule has 0 saturated heterocycles. The van der Waals surface area contributed by atoms with E-state index in [2.05, 4.69) is 97.9 Å². The van der Waals surface area contributed by atoms with Gasteiger partial charge < -0.3 is 6.15 Å². The minimum absolute atomic E-state index is 0. The molecule has 0 fully saturated rings. The molecule has 0 unspecified atom stereocenters. The molecule has 1 nitrogen and oxygen atoms in total. The first-order valence-electron chi connectivity index (χ1n) is 7.43. The smallest absolute Gasteiger partial charge is 0.0197 e. The maximum atomic E-state index is 2.32. The Balaban J connectivity index is 0.00000176. The average molecular weight is 308 g/mol.